The molecule has 4 N–H and O–H groups in total. The van der Waals surface area contributed by atoms with Crippen LogP contribution in [0.4, 0.5) is 0 Å². The number of esters is 1. The topological polar surface area (TPSA) is 112 Å². The number of nitrogens with two attached hydrogens (primary N) is 2. The second-order valence-corrected chi connectivity index (χ2v) is 6.69. The Kier molecular flexibility index (Phi) is 6.03. The van der Waals surface area contributed by atoms with Crippen LogP contribution in [0.1, 0.15) is 15.9 Å². The first-order valence-corrected chi connectivity index (χ1v) is 8.34. The molecule has 136 valence electrons. The zero-order chi connectivity index (χ0) is 19.6. The molecule has 0 aromatic heterocycles. The zero-order valence-electron chi connectivity index (χ0n) is 12.8. The molecule has 2 aromatic rings. The molecule has 0 bridgehead atoms. The molecular formula is C16H10Cl4N2O4. The number of hydrogen-bond donors (Lipinski definition) is 2. The lowest BCUT2D eigenvalue weighted by Crippen LogP contribution is -2.54. The van der Waals surface area contributed by atoms with Gasteiger partial charge in [0.15, 0.2) is 0 Å². The summed E-state index contributed by atoms with van der Waals surface area (Å²) in [4.78, 5) is 36.6. The van der Waals surface area contributed by atoms with Crippen LogP contribution in [0.25, 0.3) is 0 Å². The summed E-state index contributed by atoms with van der Waals surface area (Å²) >= 11 is 23.4. The highest BCUT2D eigenvalue weighted by Crippen LogP contribution is 2.33. The van der Waals surface area contributed by atoms with Crippen molar-refractivity contribution < 1.29 is 19.1 Å². The number of carbonyl (C=O) groups excluding carboxylic acids is 3. The van der Waals surface area contributed by atoms with E-state index in [-0.39, 0.29) is 31.2 Å². The molecule has 0 spiro atoms. The Labute approximate surface area is 167 Å². The number of carbonyl (C=O) groups is 3. The van der Waals surface area contributed by atoms with Gasteiger partial charge in [0.2, 0.25) is 0 Å². The highest BCUT2D eigenvalue weighted by molar-refractivity contribution is 6.42. The largest absolute Gasteiger partial charge is 0.430 e. The average molecular weight is 436 g/mol. The molecule has 6 nitrogen and oxygen atoms in total. The van der Waals surface area contributed by atoms with Gasteiger partial charge in [-0.05, 0) is 30.3 Å². The first kappa shape index (κ1) is 20.3. The van der Waals surface area contributed by atoms with Gasteiger partial charge >= 0.3 is 5.97 Å². The number of amides is 2. The summed E-state index contributed by atoms with van der Waals surface area (Å²) in [6.07, 6.45) is 0. The van der Waals surface area contributed by atoms with E-state index >= 15 is 0 Å². The van der Waals surface area contributed by atoms with Gasteiger partial charge in [0.05, 0.1) is 25.7 Å². The van der Waals surface area contributed by atoms with Gasteiger partial charge in [0, 0.05) is 5.56 Å². The Morgan fingerprint density at radius 2 is 1.27 bits per heavy atom. The Hall–Kier alpha value is -1.99. The fourth-order valence-electron chi connectivity index (χ4n) is 2.10. The van der Waals surface area contributed by atoms with Crippen LogP contribution in [-0.4, -0.2) is 17.8 Å². The summed E-state index contributed by atoms with van der Waals surface area (Å²) in [5.41, 5.74) is 7.84. The summed E-state index contributed by atoms with van der Waals surface area (Å²) in [5, 5.41) is 0.416. The Bertz CT molecular complexity index is 903. The number of benzene rings is 2. The lowest BCUT2D eigenvalue weighted by Gasteiger charge is -2.27. The molecule has 10 heteroatoms. The highest BCUT2D eigenvalue weighted by Gasteiger charge is 2.49. The van der Waals surface area contributed by atoms with Crippen LogP contribution in [0, 0.1) is 0 Å². The smallest absolute Gasteiger partial charge is 0.340 e. The SMILES string of the molecule is NC(=O)C(OC(=O)c1ccc(Cl)c(Cl)c1)(C(N)=O)c1ccc(Cl)c(Cl)c1. The standard InChI is InChI=1S/C16H10Cl4N2O4/c17-9-3-1-7(5-11(9)19)13(23)26-16(14(21)24,15(22)25)8-2-4-10(18)12(20)6-8/h1-6H,(H2,21,24)(H2,22,25). The summed E-state index contributed by atoms with van der Waals surface area (Å²) in [5.74, 6) is -3.69. The fraction of sp³-hybridized carbons (Fsp3) is 0.0625. The molecule has 2 rings (SSSR count). The van der Waals surface area contributed by atoms with Gasteiger partial charge in [0.25, 0.3) is 17.4 Å². The van der Waals surface area contributed by atoms with E-state index in [1.54, 1.807) is 0 Å². The minimum Gasteiger partial charge on any atom is -0.430 e. The van der Waals surface area contributed by atoms with Gasteiger partial charge in [-0.1, -0.05) is 52.5 Å². The van der Waals surface area contributed by atoms with E-state index < -0.39 is 23.4 Å². The van der Waals surface area contributed by atoms with E-state index in [0.717, 1.165) is 6.07 Å². The van der Waals surface area contributed by atoms with Crippen LogP contribution in [0.2, 0.25) is 20.1 Å². The second-order valence-electron chi connectivity index (χ2n) is 5.06. The maximum absolute atomic E-state index is 12.5. The maximum atomic E-state index is 12.5. The van der Waals surface area contributed by atoms with Crippen molar-refractivity contribution in [2.24, 2.45) is 11.5 Å². The lowest BCUT2D eigenvalue weighted by molar-refractivity contribution is -0.151. The molecule has 0 radical (unpaired) electrons. The quantitative estimate of drug-likeness (QED) is 0.553. The molecular weight excluding hydrogens is 426 g/mol. The van der Waals surface area contributed by atoms with Crippen LogP contribution in [-0.2, 0) is 19.9 Å². The molecule has 0 saturated carbocycles. The van der Waals surface area contributed by atoms with Crippen molar-refractivity contribution in [3.8, 4) is 0 Å². The second kappa shape index (κ2) is 7.72. The number of halogens is 4. The van der Waals surface area contributed by atoms with Gasteiger partial charge in [-0.2, -0.15) is 0 Å². The minimum atomic E-state index is -2.60. The van der Waals surface area contributed by atoms with E-state index in [4.69, 9.17) is 62.6 Å². The van der Waals surface area contributed by atoms with Crippen molar-refractivity contribution in [3.05, 3.63) is 67.6 Å². The lowest BCUT2D eigenvalue weighted by atomic mass is 9.91. The number of rotatable bonds is 5. The van der Waals surface area contributed by atoms with Crippen LogP contribution in [0.5, 0.6) is 0 Å². The number of hydrogen-bond acceptors (Lipinski definition) is 4. The molecule has 0 unspecified atom stereocenters. The van der Waals surface area contributed by atoms with Crippen LogP contribution in [0.3, 0.4) is 0 Å². The first-order chi connectivity index (χ1) is 12.1. The molecule has 26 heavy (non-hydrogen) atoms. The molecule has 0 aliphatic carbocycles. The van der Waals surface area contributed by atoms with E-state index in [0.29, 0.717) is 0 Å². The molecule has 0 heterocycles. The molecule has 0 fully saturated rings. The summed E-state index contributed by atoms with van der Waals surface area (Å²) < 4.78 is 5.13. The van der Waals surface area contributed by atoms with E-state index in [9.17, 15) is 14.4 Å². The highest BCUT2D eigenvalue weighted by atomic mass is 35.5. The third-order valence-corrected chi connectivity index (χ3v) is 4.90. The Morgan fingerprint density at radius 3 is 1.73 bits per heavy atom. The van der Waals surface area contributed by atoms with Crippen LogP contribution < -0.4 is 11.5 Å². The molecule has 0 aliphatic heterocycles. The van der Waals surface area contributed by atoms with Crippen LogP contribution >= 0.6 is 46.4 Å². The summed E-state index contributed by atoms with van der Waals surface area (Å²) in [6.45, 7) is 0. The number of ether oxygens (including phenoxy) is 1. The normalized spacial score (nSPS) is 11.1. The van der Waals surface area contributed by atoms with Gasteiger partial charge < -0.3 is 16.2 Å². The van der Waals surface area contributed by atoms with E-state index in [1.165, 1.54) is 30.3 Å². The Morgan fingerprint density at radius 1 is 0.769 bits per heavy atom. The predicted molar refractivity (Wildman–Crippen MR) is 98.4 cm³/mol. The molecule has 0 saturated heterocycles. The monoisotopic (exact) mass is 434 g/mol. The third kappa shape index (κ3) is 3.73. The summed E-state index contributed by atoms with van der Waals surface area (Å²) in [6, 6.07) is 7.53. The maximum Gasteiger partial charge on any atom is 0.340 e. The van der Waals surface area contributed by atoms with Crippen molar-refractivity contribution in [3.63, 3.8) is 0 Å². The average Bonchev–Trinajstić information content (AvgIpc) is 2.56. The van der Waals surface area contributed by atoms with Crippen molar-refractivity contribution >= 4 is 64.2 Å². The van der Waals surface area contributed by atoms with Gasteiger partial charge in [-0.3, -0.25) is 9.59 Å². The zero-order valence-corrected chi connectivity index (χ0v) is 15.8. The number of primary amides is 2. The molecule has 0 aliphatic rings. The minimum absolute atomic E-state index is 0.00151. The van der Waals surface area contributed by atoms with Crippen molar-refractivity contribution in [2.75, 3.05) is 0 Å². The van der Waals surface area contributed by atoms with Gasteiger partial charge in [-0.25, -0.2) is 4.79 Å². The first-order valence-electron chi connectivity index (χ1n) is 6.83. The van der Waals surface area contributed by atoms with Gasteiger partial charge in [0.1, 0.15) is 0 Å². The molecule has 2 aromatic carbocycles. The predicted octanol–water partition coefficient (Wildman–Crippen LogP) is 3.32. The van der Waals surface area contributed by atoms with Gasteiger partial charge in [-0.15, -0.1) is 0 Å². The fourth-order valence-corrected chi connectivity index (χ4v) is 2.70. The third-order valence-electron chi connectivity index (χ3n) is 3.42. The van der Waals surface area contributed by atoms with Crippen molar-refractivity contribution in [1.29, 1.82) is 0 Å². The van der Waals surface area contributed by atoms with Crippen molar-refractivity contribution in [2.45, 2.75) is 5.60 Å². The molecule has 0 atom stereocenters. The summed E-state index contributed by atoms with van der Waals surface area (Å²) in [7, 11) is 0. The molecule has 2 amide bonds. The van der Waals surface area contributed by atoms with Crippen LogP contribution in [0.15, 0.2) is 36.4 Å². The Balaban J connectivity index is 2.56. The van der Waals surface area contributed by atoms with E-state index in [1.807, 2.05) is 0 Å². The van der Waals surface area contributed by atoms with Crippen molar-refractivity contribution in [1.82, 2.24) is 0 Å². The van der Waals surface area contributed by atoms with E-state index in [2.05, 4.69) is 0 Å².